The lowest BCUT2D eigenvalue weighted by atomic mass is 10.2. The van der Waals surface area contributed by atoms with Gasteiger partial charge in [0.2, 0.25) is 5.88 Å². The van der Waals surface area contributed by atoms with Crippen LogP contribution in [-0.2, 0) is 6.61 Å². The molecule has 0 saturated heterocycles. The van der Waals surface area contributed by atoms with Crippen molar-refractivity contribution in [2.45, 2.75) is 13.5 Å². The van der Waals surface area contributed by atoms with E-state index >= 15 is 0 Å². The number of pyridine rings is 1. The van der Waals surface area contributed by atoms with Gasteiger partial charge in [-0.1, -0.05) is 30.3 Å². The predicted molar refractivity (Wildman–Crippen MR) is 72.5 cm³/mol. The highest BCUT2D eigenvalue weighted by Gasteiger charge is 2.02. The number of nitrogens with zero attached hydrogens (tertiary/aromatic N) is 1. The molecule has 0 aliphatic carbocycles. The molecule has 0 N–H and O–H groups in total. The minimum Gasteiger partial charge on any atom is -0.472 e. The Morgan fingerprint density at radius 1 is 1.25 bits per heavy atom. The zero-order valence-electron chi connectivity index (χ0n) is 8.98. The lowest BCUT2D eigenvalue weighted by Crippen LogP contribution is -1.99. The number of rotatable bonds is 3. The highest BCUT2D eigenvalue weighted by molar-refractivity contribution is 14.1. The molecule has 0 aliphatic rings. The molecule has 0 aliphatic heterocycles. The first-order valence-electron chi connectivity index (χ1n) is 5.04. The molecule has 0 atom stereocenters. The van der Waals surface area contributed by atoms with Crippen LogP contribution in [0.15, 0.2) is 42.6 Å². The first kappa shape index (κ1) is 11.4. The second kappa shape index (κ2) is 5.30. The molecule has 0 bridgehead atoms. The summed E-state index contributed by atoms with van der Waals surface area (Å²) in [5, 5.41) is 0. The minimum atomic E-state index is 0.562. The van der Waals surface area contributed by atoms with Crippen LogP contribution in [0, 0.1) is 10.5 Å². The van der Waals surface area contributed by atoms with Crippen molar-refractivity contribution in [2.75, 3.05) is 0 Å². The lowest BCUT2D eigenvalue weighted by Gasteiger charge is -2.07. The molecular formula is C13H12INO. The molecule has 0 unspecified atom stereocenters. The minimum absolute atomic E-state index is 0.562. The SMILES string of the molecule is Cc1cnc(OCc2ccccc2)c(I)c1. The summed E-state index contributed by atoms with van der Waals surface area (Å²) >= 11 is 2.24. The number of benzene rings is 1. The van der Waals surface area contributed by atoms with E-state index in [1.165, 1.54) is 0 Å². The largest absolute Gasteiger partial charge is 0.472 e. The zero-order chi connectivity index (χ0) is 11.4. The van der Waals surface area contributed by atoms with Crippen LogP contribution < -0.4 is 4.74 Å². The van der Waals surface area contributed by atoms with Crippen LogP contribution in [0.2, 0.25) is 0 Å². The van der Waals surface area contributed by atoms with Gasteiger partial charge < -0.3 is 4.74 Å². The van der Waals surface area contributed by atoms with Crippen molar-refractivity contribution in [3.05, 3.63) is 57.3 Å². The molecule has 0 amide bonds. The van der Waals surface area contributed by atoms with Gasteiger partial charge in [0.1, 0.15) is 6.61 Å². The molecule has 16 heavy (non-hydrogen) atoms. The van der Waals surface area contributed by atoms with E-state index in [1.807, 2.05) is 43.5 Å². The molecule has 0 spiro atoms. The van der Waals surface area contributed by atoms with Gasteiger partial charge in [0.05, 0.1) is 3.57 Å². The number of halogens is 1. The molecule has 0 saturated carbocycles. The third kappa shape index (κ3) is 2.95. The Morgan fingerprint density at radius 3 is 2.69 bits per heavy atom. The van der Waals surface area contributed by atoms with E-state index in [4.69, 9.17) is 4.74 Å². The van der Waals surface area contributed by atoms with Crippen LogP contribution in [0.5, 0.6) is 5.88 Å². The van der Waals surface area contributed by atoms with Crippen LogP contribution in [-0.4, -0.2) is 4.98 Å². The molecule has 0 radical (unpaired) electrons. The fraction of sp³-hybridized carbons (Fsp3) is 0.154. The van der Waals surface area contributed by atoms with Gasteiger partial charge in [0.25, 0.3) is 0 Å². The molecule has 0 fully saturated rings. The number of aryl methyl sites for hydroxylation is 1. The van der Waals surface area contributed by atoms with Crippen molar-refractivity contribution in [3.63, 3.8) is 0 Å². The smallest absolute Gasteiger partial charge is 0.227 e. The van der Waals surface area contributed by atoms with Crippen molar-refractivity contribution in [2.24, 2.45) is 0 Å². The summed E-state index contributed by atoms with van der Waals surface area (Å²) in [6, 6.07) is 12.2. The third-order valence-corrected chi connectivity index (χ3v) is 2.94. The van der Waals surface area contributed by atoms with Crippen molar-refractivity contribution < 1.29 is 4.74 Å². The van der Waals surface area contributed by atoms with Crippen LogP contribution in [0.4, 0.5) is 0 Å². The van der Waals surface area contributed by atoms with E-state index in [-0.39, 0.29) is 0 Å². The zero-order valence-corrected chi connectivity index (χ0v) is 11.1. The van der Waals surface area contributed by atoms with Gasteiger partial charge in [-0.2, -0.15) is 0 Å². The number of hydrogen-bond acceptors (Lipinski definition) is 2. The van der Waals surface area contributed by atoms with E-state index in [2.05, 4.69) is 33.6 Å². The van der Waals surface area contributed by atoms with Crippen LogP contribution in [0.1, 0.15) is 11.1 Å². The first-order valence-corrected chi connectivity index (χ1v) is 6.12. The average molecular weight is 325 g/mol. The molecule has 2 aromatic rings. The summed E-state index contributed by atoms with van der Waals surface area (Å²) in [5.41, 5.74) is 2.30. The molecule has 3 heteroatoms. The monoisotopic (exact) mass is 325 g/mol. The standard InChI is InChI=1S/C13H12INO/c1-10-7-12(14)13(15-8-10)16-9-11-5-3-2-4-6-11/h2-8H,9H2,1H3. The Hall–Kier alpha value is -1.10. The molecule has 1 heterocycles. The Kier molecular flexibility index (Phi) is 3.77. The molecule has 2 rings (SSSR count). The maximum atomic E-state index is 5.66. The maximum Gasteiger partial charge on any atom is 0.227 e. The molecule has 82 valence electrons. The Morgan fingerprint density at radius 2 is 2.00 bits per heavy atom. The first-order chi connectivity index (χ1) is 7.75. The normalized spacial score (nSPS) is 10.1. The van der Waals surface area contributed by atoms with Gasteiger partial charge in [-0.05, 0) is 46.7 Å². The quantitative estimate of drug-likeness (QED) is 0.805. The number of aromatic nitrogens is 1. The van der Waals surface area contributed by atoms with Gasteiger partial charge in [-0.15, -0.1) is 0 Å². The van der Waals surface area contributed by atoms with Crippen LogP contribution in [0.25, 0.3) is 0 Å². The Balaban J connectivity index is 2.05. The molecule has 1 aromatic heterocycles. The van der Waals surface area contributed by atoms with Crippen molar-refractivity contribution >= 4 is 22.6 Å². The fourth-order valence-corrected chi connectivity index (χ4v) is 2.14. The summed E-state index contributed by atoms with van der Waals surface area (Å²) in [4.78, 5) is 4.26. The third-order valence-electron chi connectivity index (χ3n) is 2.16. The Labute approximate surface area is 109 Å². The number of ether oxygens (including phenoxy) is 1. The molecule has 1 aromatic carbocycles. The van der Waals surface area contributed by atoms with E-state index in [9.17, 15) is 0 Å². The van der Waals surface area contributed by atoms with Crippen molar-refractivity contribution in [1.82, 2.24) is 4.98 Å². The van der Waals surface area contributed by atoms with Gasteiger partial charge in [0, 0.05) is 6.20 Å². The van der Waals surface area contributed by atoms with Crippen LogP contribution >= 0.6 is 22.6 Å². The van der Waals surface area contributed by atoms with Gasteiger partial charge in [-0.3, -0.25) is 0 Å². The Bertz CT molecular complexity index is 471. The summed E-state index contributed by atoms with van der Waals surface area (Å²) in [5.74, 6) is 0.704. The summed E-state index contributed by atoms with van der Waals surface area (Å²) in [7, 11) is 0. The van der Waals surface area contributed by atoms with Crippen molar-refractivity contribution in [1.29, 1.82) is 0 Å². The summed E-state index contributed by atoms with van der Waals surface area (Å²) in [6.45, 7) is 2.59. The highest BCUT2D eigenvalue weighted by atomic mass is 127. The van der Waals surface area contributed by atoms with Gasteiger partial charge in [0.15, 0.2) is 0 Å². The van der Waals surface area contributed by atoms with E-state index in [1.54, 1.807) is 0 Å². The summed E-state index contributed by atoms with van der Waals surface area (Å²) in [6.07, 6.45) is 1.82. The van der Waals surface area contributed by atoms with Gasteiger partial charge >= 0.3 is 0 Å². The second-order valence-corrected chi connectivity index (χ2v) is 4.74. The van der Waals surface area contributed by atoms with Crippen LogP contribution in [0.3, 0.4) is 0 Å². The average Bonchev–Trinajstić information content (AvgIpc) is 2.29. The topological polar surface area (TPSA) is 22.1 Å². The maximum absolute atomic E-state index is 5.66. The van der Waals surface area contributed by atoms with E-state index in [0.717, 1.165) is 14.7 Å². The number of hydrogen-bond donors (Lipinski definition) is 0. The summed E-state index contributed by atoms with van der Waals surface area (Å²) < 4.78 is 6.71. The highest BCUT2D eigenvalue weighted by Crippen LogP contribution is 2.19. The van der Waals surface area contributed by atoms with Gasteiger partial charge in [-0.25, -0.2) is 4.98 Å². The lowest BCUT2D eigenvalue weighted by molar-refractivity contribution is 0.291. The second-order valence-electron chi connectivity index (χ2n) is 3.57. The van der Waals surface area contributed by atoms with E-state index < -0.39 is 0 Å². The van der Waals surface area contributed by atoms with E-state index in [0.29, 0.717) is 12.5 Å². The molecule has 2 nitrogen and oxygen atoms in total. The fourth-order valence-electron chi connectivity index (χ4n) is 1.35. The predicted octanol–water partition coefficient (Wildman–Crippen LogP) is 3.57. The molecular weight excluding hydrogens is 313 g/mol. The van der Waals surface area contributed by atoms with Crippen molar-refractivity contribution in [3.8, 4) is 5.88 Å².